The molecule has 0 bridgehead atoms. The van der Waals surface area contributed by atoms with Crippen LogP contribution in [0.15, 0.2) is 0 Å². The monoisotopic (exact) mass is 446 g/mol. The van der Waals surface area contributed by atoms with Gasteiger partial charge in [0.15, 0.2) is 0 Å². The van der Waals surface area contributed by atoms with Crippen LogP contribution in [0, 0.1) is 11.8 Å². The van der Waals surface area contributed by atoms with E-state index < -0.39 is 36.0 Å². The summed E-state index contributed by atoms with van der Waals surface area (Å²) in [5.41, 5.74) is 0. The molecule has 4 unspecified atom stereocenters. The summed E-state index contributed by atoms with van der Waals surface area (Å²) in [4.78, 5) is 46.9. The Morgan fingerprint density at radius 3 is 1.23 bits per heavy atom. The maximum Gasteiger partial charge on any atom is 0.311 e. The van der Waals surface area contributed by atoms with Crippen LogP contribution in [0.2, 0.25) is 0 Å². The minimum Gasteiger partial charge on any atom is -0.469 e. The van der Waals surface area contributed by atoms with Crippen molar-refractivity contribution in [1.82, 2.24) is 0 Å². The van der Waals surface area contributed by atoms with Gasteiger partial charge in [0.05, 0.1) is 52.5 Å². The van der Waals surface area contributed by atoms with Crippen LogP contribution in [-0.4, -0.2) is 64.5 Å². The Labute approximate surface area is 185 Å². The highest BCUT2D eigenvalue weighted by Gasteiger charge is 2.32. The van der Waals surface area contributed by atoms with Crippen LogP contribution in [0.1, 0.15) is 65.2 Å². The molecule has 4 atom stereocenters. The molecule has 180 valence electrons. The van der Waals surface area contributed by atoms with Gasteiger partial charge >= 0.3 is 23.9 Å². The van der Waals surface area contributed by atoms with Gasteiger partial charge < -0.3 is 23.7 Å². The molecule has 0 aliphatic heterocycles. The second kappa shape index (κ2) is 16.5. The molecule has 0 radical (unpaired) electrons. The molecule has 0 fully saturated rings. The van der Waals surface area contributed by atoms with Crippen LogP contribution < -0.4 is 0 Å². The van der Waals surface area contributed by atoms with Crippen molar-refractivity contribution in [2.75, 3.05) is 28.4 Å². The van der Waals surface area contributed by atoms with Crippen molar-refractivity contribution in [3.8, 4) is 0 Å². The average Bonchev–Trinajstić information content (AvgIpc) is 2.79. The Morgan fingerprint density at radius 2 is 0.935 bits per heavy atom. The van der Waals surface area contributed by atoms with E-state index in [1.807, 2.05) is 0 Å². The highest BCUT2D eigenvalue weighted by atomic mass is 16.5. The van der Waals surface area contributed by atoms with Crippen molar-refractivity contribution in [2.45, 2.75) is 77.4 Å². The number of carbonyl (C=O) groups excluding carboxylic acids is 4. The molecule has 0 aliphatic carbocycles. The second-order valence-corrected chi connectivity index (χ2v) is 7.48. The predicted octanol–water partition coefficient (Wildman–Crippen LogP) is 2.83. The third kappa shape index (κ3) is 11.7. The molecular weight excluding hydrogens is 408 g/mol. The molecule has 9 heteroatoms. The van der Waals surface area contributed by atoms with Gasteiger partial charge in [0.1, 0.15) is 0 Å². The SMILES string of the molecule is COC(=O)CCCCC(OC(CCCCC(=O)OC)C(C)C(=O)OC)C(C)C(=O)OC. The number of esters is 4. The summed E-state index contributed by atoms with van der Waals surface area (Å²) in [7, 11) is 5.31. The summed E-state index contributed by atoms with van der Waals surface area (Å²) in [6.07, 6.45) is 3.07. The van der Waals surface area contributed by atoms with Crippen LogP contribution in [-0.2, 0) is 42.9 Å². The van der Waals surface area contributed by atoms with Gasteiger partial charge in [-0.1, -0.05) is 12.8 Å². The zero-order chi connectivity index (χ0) is 23.8. The van der Waals surface area contributed by atoms with E-state index >= 15 is 0 Å². The van der Waals surface area contributed by atoms with Crippen LogP contribution in [0.3, 0.4) is 0 Å². The Bertz CT molecular complexity index is 513. The minimum absolute atomic E-state index is 0.283. The number of methoxy groups -OCH3 is 4. The third-order valence-electron chi connectivity index (χ3n) is 5.31. The molecule has 0 saturated carbocycles. The van der Waals surface area contributed by atoms with Crippen LogP contribution in [0.25, 0.3) is 0 Å². The summed E-state index contributed by atoms with van der Waals surface area (Å²) in [5.74, 6) is -2.50. The first-order chi connectivity index (χ1) is 14.7. The van der Waals surface area contributed by atoms with Crippen LogP contribution in [0.4, 0.5) is 0 Å². The zero-order valence-corrected chi connectivity index (χ0v) is 19.6. The third-order valence-corrected chi connectivity index (χ3v) is 5.31. The van der Waals surface area contributed by atoms with Gasteiger partial charge in [0.2, 0.25) is 0 Å². The summed E-state index contributed by atoms with van der Waals surface area (Å²) in [5, 5.41) is 0. The highest BCUT2D eigenvalue weighted by molar-refractivity contribution is 5.73. The van der Waals surface area contributed by atoms with Gasteiger partial charge in [0, 0.05) is 12.8 Å². The number of unbranched alkanes of at least 4 members (excludes halogenated alkanes) is 2. The summed E-state index contributed by atoms with van der Waals surface area (Å²) >= 11 is 0. The van der Waals surface area contributed by atoms with Crippen molar-refractivity contribution < 1.29 is 42.9 Å². The van der Waals surface area contributed by atoms with E-state index in [0.717, 1.165) is 0 Å². The Balaban J connectivity index is 5.18. The van der Waals surface area contributed by atoms with E-state index in [-0.39, 0.29) is 24.8 Å². The fourth-order valence-corrected chi connectivity index (χ4v) is 3.21. The molecule has 0 aromatic rings. The van der Waals surface area contributed by atoms with Crippen molar-refractivity contribution in [3.63, 3.8) is 0 Å². The molecule has 0 amide bonds. The summed E-state index contributed by atoms with van der Waals surface area (Å²) in [6, 6.07) is 0. The van der Waals surface area contributed by atoms with E-state index in [2.05, 4.69) is 9.47 Å². The number of rotatable bonds is 16. The largest absolute Gasteiger partial charge is 0.469 e. The van der Waals surface area contributed by atoms with Gasteiger partial charge in [-0.3, -0.25) is 19.2 Å². The molecule has 0 heterocycles. The lowest BCUT2D eigenvalue weighted by molar-refractivity contribution is -0.161. The van der Waals surface area contributed by atoms with Crippen LogP contribution >= 0.6 is 0 Å². The predicted molar refractivity (Wildman–Crippen MR) is 112 cm³/mol. The molecule has 0 aromatic carbocycles. The fraction of sp³-hybridized carbons (Fsp3) is 0.818. The van der Waals surface area contributed by atoms with Crippen molar-refractivity contribution in [3.05, 3.63) is 0 Å². The normalized spacial score (nSPS) is 14.6. The molecular formula is C22H38O9. The molecule has 0 aliphatic rings. The average molecular weight is 447 g/mol. The second-order valence-electron chi connectivity index (χ2n) is 7.48. The number of ether oxygens (including phenoxy) is 5. The summed E-state index contributed by atoms with van der Waals surface area (Å²) < 4.78 is 25.3. The molecule has 31 heavy (non-hydrogen) atoms. The Kier molecular flexibility index (Phi) is 15.4. The first-order valence-electron chi connectivity index (χ1n) is 10.7. The van der Waals surface area contributed by atoms with Gasteiger partial charge in [-0.15, -0.1) is 0 Å². The standard InChI is InChI=1S/C22H38O9/c1-15(21(25)29-5)17(11-7-9-13-19(23)27-3)31-18(16(2)22(26)30-6)12-8-10-14-20(24)28-4/h15-18H,7-14H2,1-6H3. The van der Waals surface area contributed by atoms with Crippen molar-refractivity contribution in [2.24, 2.45) is 11.8 Å². The lowest BCUT2D eigenvalue weighted by atomic mass is 9.95. The first kappa shape index (κ1) is 28.8. The minimum atomic E-state index is -0.550. The van der Waals surface area contributed by atoms with Crippen molar-refractivity contribution in [1.29, 1.82) is 0 Å². The van der Waals surface area contributed by atoms with E-state index in [1.54, 1.807) is 13.8 Å². The summed E-state index contributed by atoms with van der Waals surface area (Å²) in [6.45, 7) is 3.43. The molecule has 0 saturated heterocycles. The number of hydrogen-bond acceptors (Lipinski definition) is 9. The van der Waals surface area contributed by atoms with E-state index in [4.69, 9.17) is 14.2 Å². The molecule has 9 nitrogen and oxygen atoms in total. The van der Waals surface area contributed by atoms with Gasteiger partial charge in [-0.2, -0.15) is 0 Å². The Morgan fingerprint density at radius 1 is 0.581 bits per heavy atom. The smallest absolute Gasteiger partial charge is 0.311 e. The lowest BCUT2D eigenvalue weighted by Crippen LogP contribution is -2.38. The topological polar surface area (TPSA) is 114 Å². The van der Waals surface area contributed by atoms with E-state index in [1.165, 1.54) is 28.4 Å². The van der Waals surface area contributed by atoms with Crippen LogP contribution in [0.5, 0.6) is 0 Å². The first-order valence-corrected chi connectivity index (χ1v) is 10.7. The highest BCUT2D eigenvalue weighted by Crippen LogP contribution is 2.25. The molecule has 0 aromatic heterocycles. The fourth-order valence-electron chi connectivity index (χ4n) is 3.21. The zero-order valence-electron chi connectivity index (χ0n) is 19.6. The van der Waals surface area contributed by atoms with E-state index in [0.29, 0.717) is 38.5 Å². The number of hydrogen-bond donors (Lipinski definition) is 0. The molecule has 0 rings (SSSR count). The Hall–Kier alpha value is -2.16. The number of carbonyl (C=O) groups is 4. The maximum absolute atomic E-state index is 12.1. The van der Waals surface area contributed by atoms with Gasteiger partial charge in [-0.25, -0.2) is 0 Å². The maximum atomic E-state index is 12.1. The molecule has 0 N–H and O–H groups in total. The van der Waals surface area contributed by atoms with Gasteiger partial charge in [0.25, 0.3) is 0 Å². The van der Waals surface area contributed by atoms with Gasteiger partial charge in [-0.05, 0) is 39.5 Å². The van der Waals surface area contributed by atoms with Crippen molar-refractivity contribution >= 4 is 23.9 Å². The van der Waals surface area contributed by atoms with E-state index in [9.17, 15) is 19.2 Å². The molecule has 0 spiro atoms. The lowest BCUT2D eigenvalue weighted by Gasteiger charge is -2.30. The quantitative estimate of drug-likeness (QED) is 0.200.